The molecule has 1 rings (SSSR count). The van der Waals surface area contributed by atoms with Crippen molar-refractivity contribution in [2.24, 2.45) is 5.92 Å². The van der Waals surface area contributed by atoms with Gasteiger partial charge in [-0.15, -0.1) is 0 Å². The Bertz CT molecular complexity index is 461. The van der Waals surface area contributed by atoms with Gasteiger partial charge in [-0.3, -0.25) is 20.2 Å². The van der Waals surface area contributed by atoms with Gasteiger partial charge < -0.3 is 40.9 Å². The molecule has 12 heteroatoms. The highest BCUT2D eigenvalue weighted by molar-refractivity contribution is 5.69. The molecule has 0 radical (unpaired) electrons. The minimum absolute atomic E-state index is 0.0379. The molecule has 158 valence electrons. The van der Waals surface area contributed by atoms with Crippen LogP contribution in [0.1, 0.15) is 12.8 Å². The molecule has 1 fully saturated rings. The van der Waals surface area contributed by atoms with Crippen LogP contribution in [0.2, 0.25) is 0 Å². The molecule has 0 amide bonds. The summed E-state index contributed by atoms with van der Waals surface area (Å²) in [5.74, 6) is -3.45. The lowest BCUT2D eigenvalue weighted by molar-refractivity contribution is -0.141. The summed E-state index contributed by atoms with van der Waals surface area (Å²) in [4.78, 5) is 21.5. The van der Waals surface area contributed by atoms with Crippen molar-refractivity contribution in [3.05, 3.63) is 0 Å². The first-order chi connectivity index (χ1) is 12.6. The van der Waals surface area contributed by atoms with E-state index in [1.165, 1.54) is 0 Å². The smallest absolute Gasteiger partial charge is 0.317 e. The average molecular weight is 396 g/mol. The molecule has 0 heterocycles. The molecule has 1 aliphatic rings. The third-order valence-corrected chi connectivity index (χ3v) is 4.75. The van der Waals surface area contributed by atoms with Gasteiger partial charge in [0.25, 0.3) is 0 Å². The number of carboxylic acid groups (broad SMARTS) is 2. The zero-order chi connectivity index (χ0) is 20.7. The van der Waals surface area contributed by atoms with Gasteiger partial charge in [-0.1, -0.05) is 0 Å². The number of aliphatic hydroxyl groups excluding tert-OH is 6. The SMILES string of the molecule is O=C(O)CN[C@@H]1C(O)[C@H](NCC(=O)O)[C@H](O)C(CC[C@H](O)[C@H](O)CO)[C@@H]1O. The molecule has 0 aromatic heterocycles. The first kappa shape index (κ1) is 23.7. The number of aliphatic hydroxyl groups is 6. The second-order valence-electron chi connectivity index (χ2n) is 6.63. The maximum absolute atomic E-state index is 10.8. The Hall–Kier alpha value is -1.38. The Morgan fingerprint density at radius 2 is 1.26 bits per heavy atom. The summed E-state index contributed by atoms with van der Waals surface area (Å²) in [6.45, 7) is -1.85. The molecule has 2 unspecified atom stereocenters. The minimum atomic E-state index is -1.49. The second kappa shape index (κ2) is 10.8. The third-order valence-electron chi connectivity index (χ3n) is 4.75. The van der Waals surface area contributed by atoms with E-state index in [4.69, 9.17) is 15.3 Å². The van der Waals surface area contributed by atoms with Crippen molar-refractivity contribution < 1.29 is 50.4 Å². The van der Waals surface area contributed by atoms with Crippen LogP contribution < -0.4 is 10.6 Å². The summed E-state index contributed by atoms with van der Waals surface area (Å²) >= 11 is 0. The highest BCUT2D eigenvalue weighted by Crippen LogP contribution is 2.30. The summed E-state index contributed by atoms with van der Waals surface area (Å²) < 4.78 is 0. The number of carbonyl (C=O) groups is 2. The van der Waals surface area contributed by atoms with Crippen molar-refractivity contribution in [3.8, 4) is 0 Å². The van der Waals surface area contributed by atoms with Crippen LogP contribution in [0, 0.1) is 5.92 Å². The summed E-state index contributed by atoms with van der Waals surface area (Å²) in [7, 11) is 0. The monoisotopic (exact) mass is 396 g/mol. The fourth-order valence-electron chi connectivity index (χ4n) is 3.27. The molecule has 1 aliphatic carbocycles. The molecule has 0 saturated heterocycles. The van der Waals surface area contributed by atoms with Gasteiger partial charge in [0.15, 0.2) is 0 Å². The highest BCUT2D eigenvalue weighted by atomic mass is 16.4. The number of nitrogens with one attached hydrogen (secondary N) is 2. The lowest BCUT2D eigenvalue weighted by Crippen LogP contribution is -2.69. The van der Waals surface area contributed by atoms with Gasteiger partial charge in [0.1, 0.15) is 6.10 Å². The van der Waals surface area contributed by atoms with E-state index < -0.39 is 80.2 Å². The number of rotatable bonds is 11. The summed E-state index contributed by atoms with van der Waals surface area (Å²) in [5.41, 5.74) is 0. The number of hydrogen-bond donors (Lipinski definition) is 10. The molecule has 0 aromatic carbocycles. The zero-order valence-electron chi connectivity index (χ0n) is 14.5. The molecule has 0 bridgehead atoms. The summed E-state index contributed by atoms with van der Waals surface area (Å²) in [6.07, 6.45) is -7.17. The highest BCUT2D eigenvalue weighted by Gasteiger charge is 2.49. The van der Waals surface area contributed by atoms with Gasteiger partial charge in [0.2, 0.25) is 0 Å². The molecule has 0 aromatic rings. The van der Waals surface area contributed by atoms with Crippen molar-refractivity contribution in [1.82, 2.24) is 10.6 Å². The van der Waals surface area contributed by atoms with E-state index in [9.17, 15) is 35.1 Å². The topological polar surface area (TPSA) is 220 Å². The minimum Gasteiger partial charge on any atom is -0.480 e. The Balaban J connectivity index is 2.92. The maximum Gasteiger partial charge on any atom is 0.317 e. The van der Waals surface area contributed by atoms with E-state index in [2.05, 4.69) is 10.6 Å². The summed E-state index contributed by atoms with van der Waals surface area (Å²) in [6, 6.07) is -2.36. The van der Waals surface area contributed by atoms with Crippen molar-refractivity contribution in [2.45, 2.75) is 55.4 Å². The Morgan fingerprint density at radius 1 is 0.815 bits per heavy atom. The predicted octanol–water partition coefficient (Wildman–Crippen LogP) is -4.72. The Labute approximate surface area is 155 Å². The van der Waals surface area contributed by atoms with Crippen LogP contribution >= 0.6 is 0 Å². The van der Waals surface area contributed by atoms with Gasteiger partial charge in [-0.25, -0.2) is 0 Å². The van der Waals surface area contributed by atoms with E-state index in [-0.39, 0.29) is 12.8 Å². The van der Waals surface area contributed by atoms with Crippen LogP contribution in [0.3, 0.4) is 0 Å². The van der Waals surface area contributed by atoms with Crippen LogP contribution in [0.25, 0.3) is 0 Å². The van der Waals surface area contributed by atoms with Gasteiger partial charge in [0.05, 0.1) is 56.2 Å². The van der Waals surface area contributed by atoms with Crippen LogP contribution in [0.4, 0.5) is 0 Å². The van der Waals surface area contributed by atoms with Crippen LogP contribution in [0.5, 0.6) is 0 Å². The first-order valence-corrected chi connectivity index (χ1v) is 8.51. The maximum atomic E-state index is 10.8. The standard InChI is InChI=1S/C15H28N2O10/c18-5-8(20)7(19)2-1-6-13(25)11(16-3-9(21)22)15(27)12(14(6)26)17-4-10(23)24/h6-8,11-20,25-27H,1-5H2,(H,21,22)(H,23,24)/t6?,7-,8+,11-,12+,13-,14+,15?/m0/s1. The number of aliphatic carboxylic acids is 2. The molecule has 10 N–H and O–H groups in total. The fourth-order valence-corrected chi connectivity index (χ4v) is 3.27. The first-order valence-electron chi connectivity index (χ1n) is 8.51. The zero-order valence-corrected chi connectivity index (χ0v) is 14.5. The molecular formula is C15H28N2O10. The third kappa shape index (κ3) is 6.62. The van der Waals surface area contributed by atoms with Gasteiger partial charge in [-0.2, -0.15) is 0 Å². The molecule has 0 spiro atoms. The molecule has 1 saturated carbocycles. The van der Waals surface area contributed by atoms with E-state index in [1.54, 1.807) is 0 Å². The number of carboxylic acids is 2. The van der Waals surface area contributed by atoms with Gasteiger partial charge >= 0.3 is 11.9 Å². The van der Waals surface area contributed by atoms with Crippen molar-refractivity contribution >= 4 is 11.9 Å². The van der Waals surface area contributed by atoms with E-state index in [1.807, 2.05) is 0 Å². The van der Waals surface area contributed by atoms with Gasteiger partial charge in [-0.05, 0) is 12.8 Å². The van der Waals surface area contributed by atoms with Crippen LogP contribution in [0.15, 0.2) is 0 Å². The molecule has 12 nitrogen and oxygen atoms in total. The summed E-state index contributed by atoms with van der Waals surface area (Å²) in [5, 5.41) is 81.8. The molecule has 27 heavy (non-hydrogen) atoms. The molecular weight excluding hydrogens is 368 g/mol. The van der Waals surface area contributed by atoms with Crippen molar-refractivity contribution in [1.29, 1.82) is 0 Å². The van der Waals surface area contributed by atoms with E-state index in [0.717, 1.165) is 0 Å². The van der Waals surface area contributed by atoms with Crippen molar-refractivity contribution in [2.75, 3.05) is 19.7 Å². The van der Waals surface area contributed by atoms with Crippen LogP contribution in [-0.4, -0.2) is 115 Å². The van der Waals surface area contributed by atoms with E-state index >= 15 is 0 Å². The van der Waals surface area contributed by atoms with Gasteiger partial charge in [0, 0.05) is 5.92 Å². The van der Waals surface area contributed by atoms with Crippen molar-refractivity contribution in [3.63, 3.8) is 0 Å². The predicted molar refractivity (Wildman–Crippen MR) is 88.7 cm³/mol. The fraction of sp³-hybridized carbons (Fsp3) is 0.867. The quantitative estimate of drug-likeness (QED) is 0.159. The average Bonchev–Trinajstić information content (AvgIpc) is 2.59. The second-order valence-corrected chi connectivity index (χ2v) is 6.63. The molecule has 8 atom stereocenters. The Kier molecular flexibility index (Phi) is 9.49. The Morgan fingerprint density at radius 3 is 1.63 bits per heavy atom. The lowest BCUT2D eigenvalue weighted by Gasteiger charge is -2.46. The molecule has 0 aliphatic heterocycles. The largest absolute Gasteiger partial charge is 0.480 e. The number of hydrogen-bond acceptors (Lipinski definition) is 10. The van der Waals surface area contributed by atoms with Crippen LogP contribution in [-0.2, 0) is 9.59 Å². The lowest BCUT2D eigenvalue weighted by atomic mass is 9.73. The van der Waals surface area contributed by atoms with E-state index in [0.29, 0.717) is 0 Å². The normalized spacial score (nSPS) is 33.4.